The molecule has 29 heavy (non-hydrogen) atoms. The minimum atomic E-state index is -0.0285. The molecule has 8 heteroatoms. The number of para-hydroxylation sites is 1. The van der Waals surface area contributed by atoms with E-state index in [9.17, 15) is 4.79 Å². The minimum Gasteiger partial charge on any atom is -0.368 e. The van der Waals surface area contributed by atoms with Gasteiger partial charge in [-0.1, -0.05) is 18.2 Å². The second-order valence-corrected chi connectivity index (χ2v) is 6.88. The number of rotatable bonds is 7. The van der Waals surface area contributed by atoms with Crippen LogP contribution < -0.4 is 10.6 Å². The highest BCUT2D eigenvalue weighted by molar-refractivity contribution is 5.83. The predicted octanol–water partition coefficient (Wildman–Crippen LogP) is 2.46. The highest BCUT2D eigenvalue weighted by Gasteiger charge is 2.07. The van der Waals surface area contributed by atoms with E-state index in [2.05, 4.69) is 25.7 Å². The van der Waals surface area contributed by atoms with Crippen LogP contribution in [0.5, 0.6) is 0 Å². The molecule has 4 aromatic rings. The molecule has 0 aliphatic heterocycles. The Labute approximate surface area is 168 Å². The van der Waals surface area contributed by atoms with Gasteiger partial charge in [0.2, 0.25) is 5.91 Å². The molecule has 8 nitrogen and oxygen atoms in total. The van der Waals surface area contributed by atoms with Crippen molar-refractivity contribution in [3.05, 3.63) is 66.4 Å². The average molecular weight is 389 g/mol. The SMILES string of the molecule is Cc1cc(C)n(-c2cc(NCCNC(=O)Cn3ccc4ccccc43)ncn2)n1. The summed E-state index contributed by atoms with van der Waals surface area (Å²) in [5, 5.41) is 11.7. The molecule has 2 N–H and O–H groups in total. The molecular formula is C21H23N7O. The molecule has 0 bridgehead atoms. The van der Waals surface area contributed by atoms with Crippen LogP contribution in [0.25, 0.3) is 16.7 Å². The van der Waals surface area contributed by atoms with E-state index < -0.39 is 0 Å². The molecule has 3 heterocycles. The summed E-state index contributed by atoms with van der Waals surface area (Å²) in [5.41, 5.74) is 3.00. The molecule has 0 unspecified atom stereocenters. The zero-order valence-electron chi connectivity index (χ0n) is 16.5. The van der Waals surface area contributed by atoms with Crippen molar-refractivity contribution in [3.63, 3.8) is 0 Å². The number of nitrogens with one attached hydrogen (secondary N) is 2. The molecule has 0 aliphatic rings. The zero-order valence-corrected chi connectivity index (χ0v) is 16.5. The van der Waals surface area contributed by atoms with E-state index in [4.69, 9.17) is 0 Å². The fourth-order valence-corrected chi connectivity index (χ4v) is 3.30. The third-order valence-corrected chi connectivity index (χ3v) is 4.63. The van der Waals surface area contributed by atoms with Crippen molar-refractivity contribution in [1.82, 2.24) is 29.6 Å². The van der Waals surface area contributed by atoms with Gasteiger partial charge in [-0.25, -0.2) is 14.6 Å². The summed E-state index contributed by atoms with van der Waals surface area (Å²) in [6, 6.07) is 13.9. The standard InChI is InChI=1S/C21H23N7O/c1-15-11-16(2)28(26-15)20-12-19(24-14-25-20)22-8-9-23-21(29)13-27-10-7-17-5-3-4-6-18(17)27/h3-7,10-12,14H,8-9,13H2,1-2H3,(H,23,29)(H,22,24,25). The maximum Gasteiger partial charge on any atom is 0.240 e. The lowest BCUT2D eigenvalue weighted by Crippen LogP contribution is -2.31. The monoisotopic (exact) mass is 389 g/mol. The first-order chi connectivity index (χ1) is 14.1. The average Bonchev–Trinajstić information content (AvgIpc) is 3.28. The minimum absolute atomic E-state index is 0.0285. The Hall–Kier alpha value is -3.68. The van der Waals surface area contributed by atoms with Crippen LogP contribution in [0.4, 0.5) is 5.82 Å². The normalized spacial score (nSPS) is 11.0. The van der Waals surface area contributed by atoms with Crippen LogP contribution in [0.15, 0.2) is 55.0 Å². The molecule has 4 rings (SSSR count). The van der Waals surface area contributed by atoms with Crippen molar-refractivity contribution < 1.29 is 4.79 Å². The second kappa shape index (κ2) is 8.14. The molecule has 0 spiro atoms. The first-order valence-corrected chi connectivity index (χ1v) is 9.50. The van der Waals surface area contributed by atoms with Crippen LogP contribution in [0.3, 0.4) is 0 Å². The van der Waals surface area contributed by atoms with Crippen molar-refractivity contribution >= 4 is 22.6 Å². The molecule has 1 aromatic carbocycles. The molecule has 0 radical (unpaired) electrons. The van der Waals surface area contributed by atoms with Crippen LogP contribution in [0, 0.1) is 13.8 Å². The molecule has 148 valence electrons. The summed E-state index contributed by atoms with van der Waals surface area (Å²) < 4.78 is 3.73. The number of benzene rings is 1. The Morgan fingerprint density at radius 2 is 1.93 bits per heavy atom. The van der Waals surface area contributed by atoms with E-state index in [1.807, 2.05) is 67.1 Å². The topological polar surface area (TPSA) is 89.7 Å². The van der Waals surface area contributed by atoms with Gasteiger partial charge in [0.15, 0.2) is 5.82 Å². The van der Waals surface area contributed by atoms with Gasteiger partial charge in [0.25, 0.3) is 0 Å². The quantitative estimate of drug-likeness (QED) is 0.474. The van der Waals surface area contributed by atoms with Gasteiger partial charge in [-0.3, -0.25) is 4.79 Å². The summed E-state index contributed by atoms with van der Waals surface area (Å²) in [7, 11) is 0. The van der Waals surface area contributed by atoms with Crippen LogP contribution >= 0.6 is 0 Å². The molecule has 0 fully saturated rings. The van der Waals surface area contributed by atoms with Gasteiger partial charge in [0, 0.05) is 36.6 Å². The Kier molecular flexibility index (Phi) is 5.24. The summed E-state index contributed by atoms with van der Waals surface area (Å²) in [5.74, 6) is 1.36. The largest absolute Gasteiger partial charge is 0.368 e. The lowest BCUT2D eigenvalue weighted by Gasteiger charge is -2.10. The van der Waals surface area contributed by atoms with Gasteiger partial charge in [0.05, 0.1) is 5.69 Å². The Balaban J connectivity index is 1.29. The maximum absolute atomic E-state index is 12.2. The molecule has 3 aromatic heterocycles. The van der Waals surface area contributed by atoms with E-state index >= 15 is 0 Å². The maximum atomic E-state index is 12.2. The number of fused-ring (bicyclic) bond motifs is 1. The fraction of sp³-hybridized carbons (Fsp3) is 0.238. The first kappa shape index (κ1) is 18.7. The number of aryl methyl sites for hydroxylation is 2. The van der Waals surface area contributed by atoms with Crippen LogP contribution in [0.2, 0.25) is 0 Å². The van der Waals surface area contributed by atoms with Crippen LogP contribution in [-0.4, -0.2) is 43.3 Å². The third-order valence-electron chi connectivity index (χ3n) is 4.63. The van der Waals surface area contributed by atoms with Crippen molar-refractivity contribution in [2.75, 3.05) is 18.4 Å². The van der Waals surface area contributed by atoms with Gasteiger partial charge in [-0.05, 0) is 37.4 Å². The van der Waals surface area contributed by atoms with Crippen LogP contribution in [0.1, 0.15) is 11.4 Å². The van der Waals surface area contributed by atoms with Crippen molar-refractivity contribution in [3.8, 4) is 5.82 Å². The number of amides is 1. The Morgan fingerprint density at radius 1 is 1.07 bits per heavy atom. The predicted molar refractivity (Wildman–Crippen MR) is 112 cm³/mol. The summed E-state index contributed by atoms with van der Waals surface area (Å²) in [6.07, 6.45) is 3.44. The summed E-state index contributed by atoms with van der Waals surface area (Å²) >= 11 is 0. The second-order valence-electron chi connectivity index (χ2n) is 6.88. The van der Waals surface area contributed by atoms with Crippen molar-refractivity contribution in [2.24, 2.45) is 0 Å². The van der Waals surface area contributed by atoms with Gasteiger partial charge < -0.3 is 15.2 Å². The van der Waals surface area contributed by atoms with E-state index in [1.165, 1.54) is 6.33 Å². The lowest BCUT2D eigenvalue weighted by atomic mass is 10.2. The van der Waals surface area contributed by atoms with E-state index in [0.717, 1.165) is 22.3 Å². The molecule has 0 saturated heterocycles. The van der Waals surface area contributed by atoms with E-state index in [1.54, 1.807) is 4.68 Å². The molecule has 0 saturated carbocycles. The first-order valence-electron chi connectivity index (χ1n) is 9.50. The highest BCUT2D eigenvalue weighted by Crippen LogP contribution is 2.15. The number of aromatic nitrogens is 5. The Morgan fingerprint density at radius 3 is 2.76 bits per heavy atom. The summed E-state index contributed by atoms with van der Waals surface area (Å²) in [4.78, 5) is 20.8. The number of carbonyl (C=O) groups excluding carboxylic acids is 1. The van der Waals surface area contributed by atoms with E-state index in [-0.39, 0.29) is 5.91 Å². The van der Waals surface area contributed by atoms with Gasteiger partial charge in [-0.15, -0.1) is 0 Å². The molecule has 0 atom stereocenters. The number of hydrogen-bond donors (Lipinski definition) is 2. The summed E-state index contributed by atoms with van der Waals surface area (Å²) in [6.45, 7) is 5.29. The lowest BCUT2D eigenvalue weighted by molar-refractivity contribution is -0.121. The number of nitrogens with zero attached hydrogens (tertiary/aromatic N) is 5. The molecule has 0 aliphatic carbocycles. The van der Waals surface area contributed by atoms with Crippen LogP contribution in [-0.2, 0) is 11.3 Å². The highest BCUT2D eigenvalue weighted by atomic mass is 16.1. The number of anilines is 1. The smallest absolute Gasteiger partial charge is 0.240 e. The molecule has 1 amide bonds. The van der Waals surface area contributed by atoms with Crippen molar-refractivity contribution in [2.45, 2.75) is 20.4 Å². The Bertz CT molecular complexity index is 1140. The fourth-order valence-electron chi connectivity index (χ4n) is 3.30. The zero-order chi connectivity index (χ0) is 20.2. The number of hydrogen-bond acceptors (Lipinski definition) is 5. The van der Waals surface area contributed by atoms with E-state index in [0.29, 0.717) is 31.3 Å². The van der Waals surface area contributed by atoms with Gasteiger partial charge >= 0.3 is 0 Å². The van der Waals surface area contributed by atoms with Gasteiger partial charge in [-0.2, -0.15) is 5.10 Å². The molecular weight excluding hydrogens is 366 g/mol. The van der Waals surface area contributed by atoms with Gasteiger partial charge in [0.1, 0.15) is 18.7 Å². The third kappa shape index (κ3) is 4.26. The number of carbonyl (C=O) groups is 1. The van der Waals surface area contributed by atoms with Crippen molar-refractivity contribution in [1.29, 1.82) is 0 Å².